The number of carbonyl (C=O) groups is 1. The number of hydrogen-bond donors (Lipinski definition) is 2. The van der Waals surface area contributed by atoms with E-state index in [0.717, 1.165) is 19.3 Å². The average Bonchev–Trinajstić information content (AvgIpc) is 2.93. The van der Waals surface area contributed by atoms with E-state index in [9.17, 15) is 4.79 Å². The molecule has 3 nitrogen and oxygen atoms in total. The third kappa shape index (κ3) is 5.35. The van der Waals surface area contributed by atoms with Crippen LogP contribution in [0.4, 0.5) is 0 Å². The molecule has 0 bridgehead atoms. The average molecular weight is 287 g/mol. The highest BCUT2D eigenvalue weighted by Gasteiger charge is 2.20. The summed E-state index contributed by atoms with van der Waals surface area (Å²) in [7, 11) is 0. The van der Waals surface area contributed by atoms with Gasteiger partial charge in [-0.3, -0.25) is 4.79 Å². The lowest BCUT2D eigenvalue weighted by Crippen LogP contribution is -2.33. The molecule has 1 amide bonds. The van der Waals surface area contributed by atoms with Gasteiger partial charge in [-0.15, -0.1) is 0 Å². The zero-order valence-corrected chi connectivity index (χ0v) is 12.7. The molecule has 0 saturated heterocycles. The summed E-state index contributed by atoms with van der Waals surface area (Å²) in [6.07, 6.45) is 7.42. The number of carbonyl (C=O) groups excluding carboxylic acids is 1. The highest BCUT2D eigenvalue weighted by atomic mass is 16.3. The maximum Gasteiger partial charge on any atom is 0.220 e. The first-order chi connectivity index (χ1) is 10.2. The maximum absolute atomic E-state index is 12.0. The minimum Gasteiger partial charge on any atom is -0.396 e. The topological polar surface area (TPSA) is 49.3 Å². The summed E-state index contributed by atoms with van der Waals surface area (Å²) in [5.41, 5.74) is 1.33. The van der Waals surface area contributed by atoms with Crippen LogP contribution in [0.25, 0.3) is 0 Å². The lowest BCUT2D eigenvalue weighted by molar-refractivity contribution is -0.122. The minimum atomic E-state index is 0.0935. The molecule has 2 rings (SSSR count). The van der Waals surface area contributed by atoms with Crippen molar-refractivity contribution in [2.45, 2.75) is 38.6 Å². The van der Waals surface area contributed by atoms with Crippen LogP contribution in [0.1, 0.15) is 31.7 Å². The maximum atomic E-state index is 12.0. The first-order valence-electron chi connectivity index (χ1n) is 7.80. The zero-order chi connectivity index (χ0) is 15.1. The van der Waals surface area contributed by atoms with Crippen molar-refractivity contribution in [1.82, 2.24) is 5.32 Å². The van der Waals surface area contributed by atoms with E-state index in [1.165, 1.54) is 5.56 Å². The van der Waals surface area contributed by atoms with Gasteiger partial charge in [0.1, 0.15) is 0 Å². The van der Waals surface area contributed by atoms with E-state index in [1.807, 2.05) is 18.2 Å². The smallest absolute Gasteiger partial charge is 0.220 e. The Morgan fingerprint density at radius 2 is 2.10 bits per heavy atom. The Labute approximate surface area is 127 Å². The number of aliphatic hydroxyl groups excluding tert-OH is 1. The molecule has 0 heterocycles. The largest absolute Gasteiger partial charge is 0.396 e. The number of aryl methyl sites for hydroxylation is 1. The minimum absolute atomic E-state index is 0.0935. The van der Waals surface area contributed by atoms with E-state index in [1.54, 1.807) is 0 Å². The Balaban J connectivity index is 1.67. The molecular weight excluding hydrogens is 262 g/mol. The first-order valence-corrected chi connectivity index (χ1v) is 7.80. The molecule has 21 heavy (non-hydrogen) atoms. The standard InChI is InChI=1S/C18H25NO2/c1-14(7-8-15-5-3-2-4-6-15)11-18(21)19-17-10-9-16(12-17)13-20/h2-6,9-10,14,16-17,20H,7-8,11-13H2,1H3,(H,19,21)/t14?,16-,17+/m0/s1. The Morgan fingerprint density at radius 1 is 1.33 bits per heavy atom. The van der Waals surface area contributed by atoms with Crippen molar-refractivity contribution < 1.29 is 9.90 Å². The van der Waals surface area contributed by atoms with Crippen molar-refractivity contribution in [1.29, 1.82) is 0 Å². The van der Waals surface area contributed by atoms with Crippen LogP contribution in [0.3, 0.4) is 0 Å². The predicted octanol–water partition coefficient (Wildman–Crippen LogP) is 2.70. The molecule has 0 aromatic heterocycles. The Kier molecular flexibility index (Phi) is 6.00. The molecule has 0 fully saturated rings. The second-order valence-corrected chi connectivity index (χ2v) is 6.07. The monoisotopic (exact) mass is 287 g/mol. The van der Waals surface area contributed by atoms with Gasteiger partial charge in [-0.05, 0) is 30.7 Å². The van der Waals surface area contributed by atoms with E-state index in [0.29, 0.717) is 12.3 Å². The number of rotatable bonds is 7. The van der Waals surface area contributed by atoms with E-state index in [4.69, 9.17) is 5.11 Å². The Hall–Kier alpha value is -1.61. The van der Waals surface area contributed by atoms with Gasteiger partial charge < -0.3 is 10.4 Å². The van der Waals surface area contributed by atoms with Crippen LogP contribution in [-0.4, -0.2) is 23.7 Å². The van der Waals surface area contributed by atoms with Gasteiger partial charge in [-0.25, -0.2) is 0 Å². The quantitative estimate of drug-likeness (QED) is 0.758. The summed E-state index contributed by atoms with van der Waals surface area (Å²) in [6, 6.07) is 10.5. The molecular formula is C18H25NO2. The molecule has 1 aromatic rings. The van der Waals surface area contributed by atoms with Crippen LogP contribution in [0.5, 0.6) is 0 Å². The number of benzene rings is 1. The second-order valence-electron chi connectivity index (χ2n) is 6.07. The molecule has 0 saturated carbocycles. The van der Waals surface area contributed by atoms with Crippen LogP contribution in [0.2, 0.25) is 0 Å². The van der Waals surface area contributed by atoms with Crippen molar-refractivity contribution >= 4 is 5.91 Å². The lowest BCUT2D eigenvalue weighted by atomic mass is 9.98. The third-order valence-electron chi connectivity index (χ3n) is 4.06. The number of nitrogens with one attached hydrogen (secondary N) is 1. The van der Waals surface area contributed by atoms with Gasteiger partial charge in [0.2, 0.25) is 5.91 Å². The van der Waals surface area contributed by atoms with Gasteiger partial charge in [-0.1, -0.05) is 49.4 Å². The third-order valence-corrected chi connectivity index (χ3v) is 4.06. The molecule has 114 valence electrons. The highest BCUT2D eigenvalue weighted by Crippen LogP contribution is 2.18. The predicted molar refractivity (Wildman–Crippen MR) is 84.8 cm³/mol. The molecule has 1 aliphatic carbocycles. The van der Waals surface area contributed by atoms with Crippen molar-refractivity contribution in [2.75, 3.05) is 6.61 Å². The molecule has 3 atom stereocenters. The van der Waals surface area contributed by atoms with Gasteiger partial charge in [0.15, 0.2) is 0 Å². The fourth-order valence-corrected chi connectivity index (χ4v) is 2.76. The normalized spacial score (nSPS) is 22.2. The van der Waals surface area contributed by atoms with Gasteiger partial charge in [0.25, 0.3) is 0 Å². The zero-order valence-electron chi connectivity index (χ0n) is 12.7. The van der Waals surface area contributed by atoms with E-state index in [-0.39, 0.29) is 24.5 Å². The van der Waals surface area contributed by atoms with Crippen molar-refractivity contribution in [2.24, 2.45) is 11.8 Å². The van der Waals surface area contributed by atoms with Gasteiger partial charge >= 0.3 is 0 Å². The van der Waals surface area contributed by atoms with E-state index >= 15 is 0 Å². The van der Waals surface area contributed by atoms with Crippen LogP contribution < -0.4 is 5.32 Å². The molecule has 3 heteroatoms. The number of hydrogen-bond acceptors (Lipinski definition) is 2. The van der Waals surface area contributed by atoms with Crippen LogP contribution in [0, 0.1) is 11.8 Å². The van der Waals surface area contributed by atoms with Crippen LogP contribution in [0.15, 0.2) is 42.5 Å². The summed E-state index contributed by atoms with van der Waals surface area (Å²) in [5, 5.41) is 12.1. The van der Waals surface area contributed by atoms with Gasteiger partial charge in [-0.2, -0.15) is 0 Å². The van der Waals surface area contributed by atoms with Crippen molar-refractivity contribution in [3.8, 4) is 0 Å². The van der Waals surface area contributed by atoms with Crippen LogP contribution in [-0.2, 0) is 11.2 Å². The van der Waals surface area contributed by atoms with Gasteiger partial charge in [0.05, 0.1) is 0 Å². The number of amides is 1. The summed E-state index contributed by atoms with van der Waals surface area (Å²) < 4.78 is 0. The number of aliphatic hydroxyl groups is 1. The van der Waals surface area contributed by atoms with Crippen molar-refractivity contribution in [3.05, 3.63) is 48.0 Å². The molecule has 1 aromatic carbocycles. The van der Waals surface area contributed by atoms with E-state index in [2.05, 4.69) is 36.5 Å². The molecule has 0 aliphatic heterocycles. The summed E-state index contributed by atoms with van der Waals surface area (Å²) in [6.45, 7) is 2.29. The summed E-state index contributed by atoms with van der Waals surface area (Å²) >= 11 is 0. The van der Waals surface area contributed by atoms with Gasteiger partial charge in [0, 0.05) is 25.0 Å². The summed E-state index contributed by atoms with van der Waals surface area (Å²) in [4.78, 5) is 12.0. The Bertz CT molecular complexity index is 469. The summed E-state index contributed by atoms with van der Waals surface area (Å²) in [5.74, 6) is 0.693. The molecule has 0 spiro atoms. The second kappa shape index (κ2) is 7.99. The fourth-order valence-electron chi connectivity index (χ4n) is 2.76. The van der Waals surface area contributed by atoms with Crippen LogP contribution >= 0.6 is 0 Å². The molecule has 0 radical (unpaired) electrons. The molecule has 1 aliphatic rings. The first kappa shape index (κ1) is 15.8. The molecule has 1 unspecified atom stereocenters. The Morgan fingerprint density at radius 3 is 2.76 bits per heavy atom. The SMILES string of the molecule is CC(CCc1ccccc1)CC(=O)N[C@@H]1C=C[C@H](CO)C1. The highest BCUT2D eigenvalue weighted by molar-refractivity contribution is 5.76. The van der Waals surface area contributed by atoms with E-state index < -0.39 is 0 Å². The van der Waals surface area contributed by atoms with Crippen molar-refractivity contribution in [3.63, 3.8) is 0 Å². The molecule has 2 N–H and O–H groups in total. The fraction of sp³-hybridized carbons (Fsp3) is 0.500. The lowest BCUT2D eigenvalue weighted by Gasteiger charge is -2.15.